The van der Waals surface area contributed by atoms with E-state index < -0.39 is 0 Å². The second kappa shape index (κ2) is 4.91. The summed E-state index contributed by atoms with van der Waals surface area (Å²) in [5, 5.41) is 10.7. The molecule has 2 unspecified atom stereocenters. The van der Waals surface area contributed by atoms with Gasteiger partial charge in [-0.3, -0.25) is 0 Å². The summed E-state index contributed by atoms with van der Waals surface area (Å²) in [5.74, 6) is 3.22. The lowest BCUT2D eigenvalue weighted by molar-refractivity contribution is -0.121. The summed E-state index contributed by atoms with van der Waals surface area (Å²) in [6.45, 7) is 9.29. The fraction of sp³-hybridized carbons (Fsp3) is 0.714. The predicted molar refractivity (Wildman–Crippen MR) is 93.1 cm³/mol. The first-order chi connectivity index (χ1) is 10.9. The number of aromatic hydroxyl groups is 1. The van der Waals surface area contributed by atoms with Crippen LogP contribution >= 0.6 is 0 Å². The molecule has 0 aromatic heterocycles. The SMILES string of the molecule is CCCCCc1cc(O)c2c(c1)O[C@]1(C)CCC3C1[C@H]2C3(C)C. The van der Waals surface area contributed by atoms with Crippen LogP contribution in [-0.4, -0.2) is 10.7 Å². The van der Waals surface area contributed by atoms with Crippen LogP contribution in [0.15, 0.2) is 12.1 Å². The Morgan fingerprint density at radius 2 is 2.00 bits per heavy atom. The van der Waals surface area contributed by atoms with Gasteiger partial charge in [-0.15, -0.1) is 0 Å². The van der Waals surface area contributed by atoms with Gasteiger partial charge in [0.25, 0.3) is 0 Å². The van der Waals surface area contributed by atoms with Crippen molar-refractivity contribution in [2.24, 2.45) is 17.3 Å². The number of hydrogen-bond donors (Lipinski definition) is 1. The van der Waals surface area contributed by atoms with E-state index >= 15 is 0 Å². The molecule has 0 spiro atoms. The van der Waals surface area contributed by atoms with Crippen molar-refractivity contribution >= 4 is 0 Å². The molecule has 2 aliphatic carbocycles. The minimum atomic E-state index is -0.0215. The highest BCUT2D eigenvalue weighted by molar-refractivity contribution is 5.55. The van der Waals surface area contributed by atoms with Crippen LogP contribution in [0.2, 0.25) is 0 Å². The van der Waals surface area contributed by atoms with Crippen LogP contribution in [0, 0.1) is 17.3 Å². The molecule has 1 aromatic rings. The number of phenolic OH excluding ortho intramolecular Hbond substituents is 1. The van der Waals surface area contributed by atoms with Crippen molar-refractivity contribution in [2.45, 2.75) is 77.7 Å². The molecule has 1 heterocycles. The van der Waals surface area contributed by atoms with Crippen molar-refractivity contribution in [1.29, 1.82) is 0 Å². The molecule has 1 aromatic carbocycles. The van der Waals surface area contributed by atoms with Crippen molar-refractivity contribution in [3.63, 3.8) is 0 Å². The molecule has 2 saturated carbocycles. The quantitative estimate of drug-likeness (QED) is 0.751. The summed E-state index contributed by atoms with van der Waals surface area (Å²) in [4.78, 5) is 0. The Morgan fingerprint density at radius 1 is 1.22 bits per heavy atom. The fourth-order valence-corrected chi connectivity index (χ4v) is 5.92. The second-order valence-corrected chi connectivity index (χ2v) is 8.87. The first kappa shape index (κ1) is 15.4. The molecule has 0 bridgehead atoms. The fourth-order valence-electron chi connectivity index (χ4n) is 5.92. The van der Waals surface area contributed by atoms with Crippen LogP contribution in [0.3, 0.4) is 0 Å². The van der Waals surface area contributed by atoms with Crippen molar-refractivity contribution < 1.29 is 9.84 Å². The van der Waals surface area contributed by atoms with Crippen LogP contribution in [-0.2, 0) is 6.42 Å². The Labute approximate surface area is 140 Å². The normalized spacial score (nSPS) is 35.9. The summed E-state index contributed by atoms with van der Waals surface area (Å²) in [6, 6.07) is 4.22. The molecule has 4 rings (SSSR count). The third kappa shape index (κ3) is 1.99. The van der Waals surface area contributed by atoms with E-state index in [1.165, 1.54) is 31.2 Å². The van der Waals surface area contributed by atoms with E-state index in [0.717, 1.165) is 30.1 Å². The number of rotatable bonds is 4. The lowest BCUT2D eigenvalue weighted by Gasteiger charge is -2.62. The van der Waals surface area contributed by atoms with Gasteiger partial charge in [0.2, 0.25) is 0 Å². The molecule has 0 radical (unpaired) electrons. The van der Waals surface area contributed by atoms with Crippen LogP contribution < -0.4 is 4.74 Å². The zero-order chi connectivity index (χ0) is 16.4. The Morgan fingerprint density at radius 3 is 2.74 bits per heavy atom. The van der Waals surface area contributed by atoms with Gasteiger partial charge in [0.1, 0.15) is 17.1 Å². The average Bonchev–Trinajstić information content (AvgIpc) is 2.81. The van der Waals surface area contributed by atoms with E-state index in [-0.39, 0.29) is 11.0 Å². The van der Waals surface area contributed by atoms with Crippen LogP contribution in [0.5, 0.6) is 11.5 Å². The monoisotopic (exact) mass is 314 g/mol. The highest BCUT2D eigenvalue weighted by Gasteiger charge is 2.69. The number of phenols is 1. The predicted octanol–water partition coefficient (Wildman–Crippen LogP) is 5.43. The summed E-state index contributed by atoms with van der Waals surface area (Å²) in [6.07, 6.45) is 7.12. The Balaban J connectivity index is 1.73. The van der Waals surface area contributed by atoms with Gasteiger partial charge in [0.15, 0.2) is 0 Å². The molecule has 2 fully saturated rings. The third-order valence-electron chi connectivity index (χ3n) is 7.11. The van der Waals surface area contributed by atoms with Gasteiger partial charge >= 0.3 is 0 Å². The maximum Gasteiger partial charge on any atom is 0.127 e. The molecule has 2 heteroatoms. The Kier molecular flexibility index (Phi) is 3.28. The van der Waals surface area contributed by atoms with E-state index in [2.05, 4.69) is 33.8 Å². The van der Waals surface area contributed by atoms with Gasteiger partial charge in [-0.05, 0) is 61.6 Å². The van der Waals surface area contributed by atoms with E-state index in [4.69, 9.17) is 4.74 Å². The Bertz CT molecular complexity index is 633. The van der Waals surface area contributed by atoms with Crippen molar-refractivity contribution in [2.75, 3.05) is 0 Å². The number of unbranched alkanes of at least 4 members (excludes halogenated alkanes) is 2. The second-order valence-electron chi connectivity index (χ2n) is 8.87. The summed E-state index contributed by atoms with van der Waals surface area (Å²) < 4.78 is 6.51. The highest BCUT2D eigenvalue weighted by atomic mass is 16.5. The summed E-state index contributed by atoms with van der Waals surface area (Å²) in [5.41, 5.74) is 2.58. The number of benzene rings is 1. The molecule has 4 atom stereocenters. The van der Waals surface area contributed by atoms with Gasteiger partial charge in [0, 0.05) is 17.4 Å². The van der Waals surface area contributed by atoms with Crippen molar-refractivity contribution in [3.05, 3.63) is 23.3 Å². The first-order valence-electron chi connectivity index (χ1n) is 9.43. The van der Waals surface area contributed by atoms with Gasteiger partial charge in [-0.25, -0.2) is 0 Å². The maximum atomic E-state index is 10.7. The van der Waals surface area contributed by atoms with Gasteiger partial charge in [0.05, 0.1) is 0 Å². The number of fused-ring (bicyclic) bond motifs is 2. The summed E-state index contributed by atoms with van der Waals surface area (Å²) >= 11 is 0. The average molecular weight is 314 g/mol. The Hall–Kier alpha value is -1.18. The lowest BCUT2D eigenvalue weighted by atomic mass is 9.45. The zero-order valence-corrected chi connectivity index (χ0v) is 15.0. The molecular weight excluding hydrogens is 284 g/mol. The molecule has 3 aliphatic rings. The van der Waals surface area contributed by atoms with Crippen LogP contribution in [0.1, 0.15) is 76.8 Å². The molecular formula is C21H30O2. The maximum absolute atomic E-state index is 10.7. The van der Waals surface area contributed by atoms with Crippen molar-refractivity contribution in [1.82, 2.24) is 0 Å². The van der Waals surface area contributed by atoms with Crippen LogP contribution in [0.25, 0.3) is 0 Å². The third-order valence-corrected chi connectivity index (χ3v) is 7.11. The van der Waals surface area contributed by atoms with E-state index in [1.807, 2.05) is 6.07 Å². The smallest absolute Gasteiger partial charge is 0.127 e. The zero-order valence-electron chi connectivity index (χ0n) is 15.0. The van der Waals surface area contributed by atoms with Crippen LogP contribution in [0.4, 0.5) is 0 Å². The van der Waals surface area contributed by atoms with Gasteiger partial charge in [-0.1, -0.05) is 33.6 Å². The largest absolute Gasteiger partial charge is 0.508 e. The molecule has 0 saturated heterocycles. The first-order valence-corrected chi connectivity index (χ1v) is 9.43. The molecule has 1 aliphatic heterocycles. The number of ether oxygens (including phenoxy) is 1. The number of aryl methyl sites for hydroxylation is 1. The summed E-state index contributed by atoms with van der Waals surface area (Å²) in [7, 11) is 0. The molecule has 23 heavy (non-hydrogen) atoms. The topological polar surface area (TPSA) is 29.5 Å². The van der Waals surface area contributed by atoms with Gasteiger partial charge in [-0.2, -0.15) is 0 Å². The number of hydrogen-bond acceptors (Lipinski definition) is 2. The van der Waals surface area contributed by atoms with Crippen molar-refractivity contribution in [3.8, 4) is 11.5 Å². The molecule has 2 nitrogen and oxygen atoms in total. The molecule has 0 amide bonds. The standard InChI is InChI=1S/C21H30O2/c1-5-6-7-8-13-11-15(22)17-16(12-13)23-21(4)10-9-14-18(21)19(17)20(14,2)3/h11-12,14,18-19,22H,5-10H2,1-4H3/t14?,18?,19-,21+/m0/s1. The molecule has 1 N–H and O–H groups in total. The van der Waals surface area contributed by atoms with Gasteiger partial charge < -0.3 is 9.84 Å². The van der Waals surface area contributed by atoms with E-state index in [9.17, 15) is 5.11 Å². The molecule has 126 valence electrons. The highest BCUT2D eigenvalue weighted by Crippen LogP contribution is 2.74. The minimum absolute atomic E-state index is 0.0215. The minimum Gasteiger partial charge on any atom is -0.508 e. The van der Waals surface area contributed by atoms with E-state index in [1.54, 1.807) is 0 Å². The lowest BCUT2D eigenvalue weighted by Crippen LogP contribution is -2.59. The van der Waals surface area contributed by atoms with E-state index in [0.29, 0.717) is 17.6 Å².